The van der Waals surface area contributed by atoms with Crippen molar-refractivity contribution in [1.82, 2.24) is 4.98 Å². The predicted octanol–water partition coefficient (Wildman–Crippen LogP) is 5.14. The summed E-state index contributed by atoms with van der Waals surface area (Å²) in [6, 6.07) is 16.4. The maximum atomic E-state index is 13.2. The molecule has 0 unspecified atom stereocenters. The number of halogens is 1. The van der Waals surface area contributed by atoms with Crippen molar-refractivity contribution in [2.75, 3.05) is 0 Å². The second-order valence-corrected chi connectivity index (χ2v) is 5.94. The second-order valence-electron chi connectivity index (χ2n) is 5.94. The van der Waals surface area contributed by atoms with Crippen molar-refractivity contribution in [3.8, 4) is 0 Å². The Labute approximate surface area is 141 Å². The van der Waals surface area contributed by atoms with Gasteiger partial charge in [-0.05, 0) is 49.1 Å². The first-order valence-electron chi connectivity index (χ1n) is 8.33. The minimum absolute atomic E-state index is 0.113. The van der Waals surface area contributed by atoms with Crippen LogP contribution in [0.2, 0.25) is 0 Å². The van der Waals surface area contributed by atoms with E-state index in [2.05, 4.69) is 4.98 Å². The predicted molar refractivity (Wildman–Crippen MR) is 94.8 cm³/mol. The molecule has 1 aromatic heterocycles. The molecular formula is C21H20FNO. The van der Waals surface area contributed by atoms with Crippen molar-refractivity contribution in [2.24, 2.45) is 0 Å². The lowest BCUT2D eigenvalue weighted by atomic mass is 9.99. The lowest BCUT2D eigenvalue weighted by Crippen LogP contribution is -2.06. The highest BCUT2D eigenvalue weighted by Gasteiger charge is 2.13. The van der Waals surface area contributed by atoms with Crippen LogP contribution in [0.1, 0.15) is 41.4 Å². The quantitative estimate of drug-likeness (QED) is 0.588. The number of Topliss-reactive ketones (excluding diaryl/α,β-unsaturated/α-hetero) is 1. The Kier molecular flexibility index (Phi) is 4.99. The summed E-state index contributed by atoms with van der Waals surface area (Å²) in [5.74, 6) is -0.118. The molecule has 0 amide bonds. The van der Waals surface area contributed by atoms with Crippen molar-refractivity contribution >= 4 is 16.7 Å². The van der Waals surface area contributed by atoms with E-state index in [-0.39, 0.29) is 11.6 Å². The lowest BCUT2D eigenvalue weighted by molar-refractivity contribution is 0.0979. The fraction of sp³-hybridized carbons (Fsp3) is 0.238. The minimum Gasteiger partial charge on any atom is -0.294 e. The monoisotopic (exact) mass is 321 g/mol. The molecule has 3 heteroatoms. The summed E-state index contributed by atoms with van der Waals surface area (Å²) < 4.78 is 13.2. The number of carbonyl (C=O) groups is 1. The van der Waals surface area contributed by atoms with Crippen LogP contribution in [0.5, 0.6) is 0 Å². The molecule has 3 aromatic rings. The number of hydrogen-bond acceptors (Lipinski definition) is 2. The molecule has 0 N–H and O–H groups in total. The van der Waals surface area contributed by atoms with Gasteiger partial charge < -0.3 is 0 Å². The normalized spacial score (nSPS) is 10.9. The van der Waals surface area contributed by atoms with Crippen molar-refractivity contribution in [3.63, 3.8) is 0 Å². The van der Waals surface area contributed by atoms with Crippen molar-refractivity contribution in [1.29, 1.82) is 0 Å². The molecular weight excluding hydrogens is 301 g/mol. The van der Waals surface area contributed by atoms with Gasteiger partial charge in [0.2, 0.25) is 0 Å². The molecule has 0 aliphatic heterocycles. The van der Waals surface area contributed by atoms with Crippen LogP contribution in [-0.2, 0) is 12.8 Å². The molecule has 0 saturated heterocycles. The summed E-state index contributed by atoms with van der Waals surface area (Å²) in [5, 5.41) is 0.989. The summed E-state index contributed by atoms with van der Waals surface area (Å²) in [7, 11) is 0. The van der Waals surface area contributed by atoms with Crippen LogP contribution < -0.4 is 0 Å². The number of benzene rings is 2. The zero-order valence-electron chi connectivity index (χ0n) is 13.8. The SMILES string of the molecule is CCc1nc2ccccc2cc1C(=O)CCCc1cccc(F)c1. The molecule has 2 aromatic carbocycles. The van der Waals surface area contributed by atoms with Gasteiger partial charge in [0, 0.05) is 17.4 Å². The fourth-order valence-corrected chi connectivity index (χ4v) is 2.95. The summed E-state index contributed by atoms with van der Waals surface area (Å²) in [6.07, 6.45) is 2.59. The minimum atomic E-state index is -0.231. The number of ketones is 1. The van der Waals surface area contributed by atoms with Crippen molar-refractivity contribution < 1.29 is 9.18 Å². The lowest BCUT2D eigenvalue weighted by Gasteiger charge is -2.09. The average molecular weight is 321 g/mol. The van der Waals surface area contributed by atoms with Gasteiger partial charge in [-0.2, -0.15) is 0 Å². The second kappa shape index (κ2) is 7.35. The zero-order chi connectivity index (χ0) is 16.9. The molecule has 0 atom stereocenters. The van der Waals surface area contributed by atoms with Crippen LogP contribution in [0.25, 0.3) is 10.9 Å². The number of aromatic nitrogens is 1. The maximum absolute atomic E-state index is 13.2. The van der Waals surface area contributed by atoms with Crippen LogP contribution in [0, 0.1) is 5.82 Å². The van der Waals surface area contributed by atoms with E-state index in [0.29, 0.717) is 19.3 Å². The van der Waals surface area contributed by atoms with Gasteiger partial charge in [0.05, 0.1) is 11.2 Å². The van der Waals surface area contributed by atoms with Crippen LogP contribution in [-0.4, -0.2) is 10.8 Å². The molecule has 122 valence electrons. The van der Waals surface area contributed by atoms with Gasteiger partial charge in [0.1, 0.15) is 5.82 Å². The Bertz CT molecular complexity index is 873. The highest BCUT2D eigenvalue weighted by Crippen LogP contribution is 2.19. The van der Waals surface area contributed by atoms with Crippen molar-refractivity contribution in [3.05, 3.63) is 77.2 Å². The molecule has 0 saturated carbocycles. The van der Waals surface area contributed by atoms with Gasteiger partial charge >= 0.3 is 0 Å². The Balaban J connectivity index is 1.73. The maximum Gasteiger partial charge on any atom is 0.164 e. The number of para-hydroxylation sites is 1. The topological polar surface area (TPSA) is 30.0 Å². The first-order chi connectivity index (χ1) is 11.7. The summed E-state index contributed by atoms with van der Waals surface area (Å²) in [4.78, 5) is 17.2. The van der Waals surface area contributed by atoms with E-state index in [0.717, 1.165) is 34.1 Å². The van der Waals surface area contributed by atoms with E-state index in [1.165, 1.54) is 12.1 Å². The molecule has 0 aliphatic rings. The van der Waals surface area contributed by atoms with Gasteiger partial charge in [0.15, 0.2) is 5.78 Å². The largest absolute Gasteiger partial charge is 0.294 e. The molecule has 24 heavy (non-hydrogen) atoms. The van der Waals surface area contributed by atoms with Gasteiger partial charge in [0.25, 0.3) is 0 Å². The van der Waals surface area contributed by atoms with Crippen LogP contribution in [0.4, 0.5) is 4.39 Å². The molecule has 0 aliphatic carbocycles. The van der Waals surface area contributed by atoms with E-state index in [9.17, 15) is 9.18 Å². The van der Waals surface area contributed by atoms with Crippen LogP contribution >= 0.6 is 0 Å². The Morgan fingerprint density at radius 1 is 1.08 bits per heavy atom. The van der Waals surface area contributed by atoms with E-state index in [1.54, 1.807) is 6.07 Å². The number of carbonyl (C=O) groups excluding carboxylic acids is 1. The highest BCUT2D eigenvalue weighted by molar-refractivity contribution is 6.00. The third-order valence-electron chi connectivity index (χ3n) is 4.20. The third-order valence-corrected chi connectivity index (χ3v) is 4.20. The summed E-state index contributed by atoms with van der Waals surface area (Å²) >= 11 is 0. The molecule has 0 spiro atoms. The Hall–Kier alpha value is -2.55. The summed E-state index contributed by atoms with van der Waals surface area (Å²) in [6.45, 7) is 2.01. The third kappa shape index (κ3) is 3.67. The Morgan fingerprint density at radius 2 is 1.92 bits per heavy atom. The van der Waals surface area contributed by atoms with Gasteiger partial charge in [-0.3, -0.25) is 9.78 Å². The molecule has 3 rings (SSSR count). The standard InChI is InChI=1S/C21H20FNO/c1-2-19-18(14-16-9-3-4-11-20(16)23-19)21(24)12-6-8-15-7-5-10-17(22)13-15/h3-5,7,9-11,13-14H,2,6,8,12H2,1H3. The number of aryl methyl sites for hydroxylation is 2. The highest BCUT2D eigenvalue weighted by atomic mass is 19.1. The molecule has 0 radical (unpaired) electrons. The van der Waals surface area contributed by atoms with Crippen LogP contribution in [0.3, 0.4) is 0 Å². The number of hydrogen-bond donors (Lipinski definition) is 0. The first-order valence-corrected chi connectivity index (χ1v) is 8.33. The number of nitrogens with zero attached hydrogens (tertiary/aromatic N) is 1. The zero-order valence-corrected chi connectivity index (χ0v) is 13.8. The Morgan fingerprint density at radius 3 is 2.71 bits per heavy atom. The molecule has 0 fully saturated rings. The van der Waals surface area contributed by atoms with Gasteiger partial charge in [-0.25, -0.2) is 4.39 Å². The smallest absolute Gasteiger partial charge is 0.164 e. The molecule has 1 heterocycles. The average Bonchev–Trinajstić information content (AvgIpc) is 2.60. The molecule has 2 nitrogen and oxygen atoms in total. The number of pyridine rings is 1. The number of rotatable bonds is 6. The number of fused-ring (bicyclic) bond motifs is 1. The van der Waals surface area contributed by atoms with Crippen molar-refractivity contribution in [2.45, 2.75) is 32.6 Å². The van der Waals surface area contributed by atoms with E-state index < -0.39 is 0 Å². The fourth-order valence-electron chi connectivity index (χ4n) is 2.95. The van der Waals surface area contributed by atoms with Gasteiger partial charge in [-0.1, -0.05) is 37.3 Å². The van der Waals surface area contributed by atoms with Crippen LogP contribution in [0.15, 0.2) is 54.6 Å². The molecule has 0 bridgehead atoms. The van der Waals surface area contributed by atoms with E-state index in [1.807, 2.05) is 43.3 Å². The van der Waals surface area contributed by atoms with Gasteiger partial charge in [-0.15, -0.1) is 0 Å². The van der Waals surface area contributed by atoms with E-state index in [4.69, 9.17) is 0 Å². The summed E-state index contributed by atoms with van der Waals surface area (Å²) in [5.41, 5.74) is 3.42. The first kappa shape index (κ1) is 16.3. The van der Waals surface area contributed by atoms with E-state index >= 15 is 0 Å².